The second-order valence-electron chi connectivity index (χ2n) is 4.36. The minimum atomic E-state index is 0.297. The molecule has 17 heavy (non-hydrogen) atoms. The van der Waals surface area contributed by atoms with Crippen molar-refractivity contribution in [2.75, 3.05) is 19.6 Å². The van der Waals surface area contributed by atoms with Gasteiger partial charge in [0.25, 0.3) is 0 Å². The summed E-state index contributed by atoms with van der Waals surface area (Å²) in [6, 6.07) is 2.34. The van der Waals surface area contributed by atoms with Crippen LogP contribution in [0.5, 0.6) is 0 Å². The largest absolute Gasteiger partial charge is 0.304 e. The molecule has 1 rings (SSSR count). The maximum Gasteiger partial charge on any atom is 0.0640 e. The molecule has 0 saturated carbocycles. The first-order chi connectivity index (χ1) is 8.19. The third-order valence-electron chi connectivity index (χ3n) is 3.15. The van der Waals surface area contributed by atoms with Crippen LogP contribution in [0.3, 0.4) is 0 Å². The zero-order chi connectivity index (χ0) is 12.7. The van der Waals surface area contributed by atoms with E-state index >= 15 is 0 Å². The van der Waals surface area contributed by atoms with Crippen molar-refractivity contribution >= 4 is 0 Å². The maximum atomic E-state index is 5.59. The standard InChI is InChI=1S/C12H25N5/c1-4-17(5-2)9-7-11(14-13)10-12-6-8-16(3)15-12/h6,8,11,14H,4-5,7,9-10,13H2,1-3H3. The van der Waals surface area contributed by atoms with E-state index in [4.69, 9.17) is 5.84 Å². The lowest BCUT2D eigenvalue weighted by Crippen LogP contribution is -2.40. The Bertz CT molecular complexity index is 306. The van der Waals surface area contributed by atoms with Gasteiger partial charge in [-0.15, -0.1) is 0 Å². The third-order valence-corrected chi connectivity index (χ3v) is 3.15. The Morgan fingerprint density at radius 1 is 1.47 bits per heavy atom. The first-order valence-corrected chi connectivity index (χ1v) is 6.36. The Balaban J connectivity index is 2.38. The second-order valence-corrected chi connectivity index (χ2v) is 4.36. The van der Waals surface area contributed by atoms with E-state index in [1.165, 1.54) is 0 Å². The van der Waals surface area contributed by atoms with Crippen LogP contribution in [0, 0.1) is 0 Å². The normalized spacial score (nSPS) is 13.2. The van der Waals surface area contributed by atoms with Crippen LogP contribution < -0.4 is 11.3 Å². The van der Waals surface area contributed by atoms with Crippen LogP contribution in [0.15, 0.2) is 12.3 Å². The van der Waals surface area contributed by atoms with Gasteiger partial charge in [0.1, 0.15) is 0 Å². The second kappa shape index (κ2) is 7.42. The Hall–Kier alpha value is -0.910. The number of nitrogens with two attached hydrogens (primary N) is 1. The van der Waals surface area contributed by atoms with E-state index < -0.39 is 0 Å². The number of aryl methyl sites for hydroxylation is 1. The Labute approximate surface area is 104 Å². The molecule has 5 heteroatoms. The van der Waals surface area contributed by atoms with Crippen LogP contribution in [0.1, 0.15) is 26.0 Å². The number of nitrogens with zero attached hydrogens (tertiary/aromatic N) is 3. The summed E-state index contributed by atoms with van der Waals surface area (Å²) < 4.78 is 1.83. The molecule has 0 aliphatic carbocycles. The summed E-state index contributed by atoms with van der Waals surface area (Å²) in [4.78, 5) is 2.41. The van der Waals surface area contributed by atoms with E-state index in [9.17, 15) is 0 Å². The fourth-order valence-electron chi connectivity index (χ4n) is 1.95. The van der Waals surface area contributed by atoms with Crippen LogP contribution >= 0.6 is 0 Å². The lowest BCUT2D eigenvalue weighted by atomic mass is 10.1. The number of nitrogens with one attached hydrogen (secondary N) is 1. The van der Waals surface area contributed by atoms with Gasteiger partial charge in [0.2, 0.25) is 0 Å². The SMILES string of the molecule is CCN(CC)CCC(Cc1ccn(C)n1)NN. The lowest BCUT2D eigenvalue weighted by Gasteiger charge is -2.21. The van der Waals surface area contributed by atoms with E-state index in [1.807, 2.05) is 24.0 Å². The summed E-state index contributed by atoms with van der Waals surface area (Å²) in [6.45, 7) is 7.64. The lowest BCUT2D eigenvalue weighted by molar-refractivity contribution is 0.280. The van der Waals surface area contributed by atoms with Crippen molar-refractivity contribution in [3.8, 4) is 0 Å². The number of aromatic nitrogens is 2. The molecule has 0 aliphatic heterocycles. The van der Waals surface area contributed by atoms with Crippen molar-refractivity contribution in [1.29, 1.82) is 0 Å². The van der Waals surface area contributed by atoms with Gasteiger partial charge < -0.3 is 4.90 Å². The van der Waals surface area contributed by atoms with Crippen LogP contribution in [0.4, 0.5) is 0 Å². The molecule has 0 spiro atoms. The molecule has 98 valence electrons. The number of hydrazine groups is 1. The minimum absolute atomic E-state index is 0.297. The zero-order valence-electron chi connectivity index (χ0n) is 11.2. The van der Waals surface area contributed by atoms with Gasteiger partial charge in [-0.2, -0.15) is 5.10 Å². The molecule has 5 nitrogen and oxygen atoms in total. The van der Waals surface area contributed by atoms with Crippen LogP contribution in [-0.2, 0) is 13.5 Å². The molecule has 1 aromatic heterocycles. The molecule has 0 amide bonds. The van der Waals surface area contributed by atoms with Gasteiger partial charge in [0.15, 0.2) is 0 Å². The van der Waals surface area contributed by atoms with E-state index in [2.05, 4.69) is 29.3 Å². The zero-order valence-corrected chi connectivity index (χ0v) is 11.2. The van der Waals surface area contributed by atoms with Gasteiger partial charge in [-0.25, -0.2) is 0 Å². The first kappa shape index (κ1) is 14.2. The van der Waals surface area contributed by atoms with E-state index in [0.717, 1.165) is 38.2 Å². The van der Waals surface area contributed by atoms with Crippen molar-refractivity contribution in [3.63, 3.8) is 0 Å². The van der Waals surface area contributed by atoms with Crippen LogP contribution in [-0.4, -0.2) is 40.4 Å². The molecule has 0 aromatic carbocycles. The quantitative estimate of drug-likeness (QED) is 0.513. The average Bonchev–Trinajstić information content (AvgIpc) is 2.74. The molecule has 1 atom stereocenters. The number of rotatable bonds is 8. The molecular weight excluding hydrogens is 214 g/mol. The smallest absolute Gasteiger partial charge is 0.0640 e. The fourth-order valence-corrected chi connectivity index (χ4v) is 1.95. The van der Waals surface area contributed by atoms with E-state index in [-0.39, 0.29) is 0 Å². The predicted molar refractivity (Wildman–Crippen MR) is 70.4 cm³/mol. The third kappa shape index (κ3) is 4.85. The Morgan fingerprint density at radius 2 is 2.18 bits per heavy atom. The highest BCUT2D eigenvalue weighted by Gasteiger charge is 2.11. The van der Waals surface area contributed by atoms with Crippen molar-refractivity contribution in [2.45, 2.75) is 32.7 Å². The molecule has 1 unspecified atom stereocenters. The molecule has 1 heterocycles. The molecule has 3 N–H and O–H groups in total. The van der Waals surface area contributed by atoms with Crippen LogP contribution in [0.25, 0.3) is 0 Å². The van der Waals surface area contributed by atoms with Crippen molar-refractivity contribution in [2.24, 2.45) is 12.9 Å². The summed E-state index contributed by atoms with van der Waals surface area (Å²) in [5.41, 5.74) is 3.98. The Morgan fingerprint density at radius 3 is 2.65 bits per heavy atom. The molecule has 0 fully saturated rings. The van der Waals surface area contributed by atoms with Gasteiger partial charge in [-0.1, -0.05) is 13.8 Å². The topological polar surface area (TPSA) is 59.1 Å². The van der Waals surface area contributed by atoms with Gasteiger partial charge in [-0.3, -0.25) is 16.0 Å². The molecule has 1 aromatic rings. The van der Waals surface area contributed by atoms with Crippen molar-refractivity contribution in [3.05, 3.63) is 18.0 Å². The van der Waals surface area contributed by atoms with Crippen molar-refractivity contribution < 1.29 is 0 Å². The number of hydrogen-bond acceptors (Lipinski definition) is 4. The maximum absolute atomic E-state index is 5.59. The number of hydrogen-bond donors (Lipinski definition) is 2. The molecule has 0 aliphatic rings. The molecule has 0 radical (unpaired) electrons. The first-order valence-electron chi connectivity index (χ1n) is 6.36. The van der Waals surface area contributed by atoms with E-state index in [1.54, 1.807) is 0 Å². The highest BCUT2D eigenvalue weighted by atomic mass is 15.3. The summed E-state index contributed by atoms with van der Waals surface area (Å²) in [6.07, 6.45) is 3.90. The fraction of sp³-hybridized carbons (Fsp3) is 0.750. The van der Waals surface area contributed by atoms with E-state index in [0.29, 0.717) is 6.04 Å². The van der Waals surface area contributed by atoms with Gasteiger partial charge in [0.05, 0.1) is 5.69 Å². The monoisotopic (exact) mass is 239 g/mol. The Kier molecular flexibility index (Phi) is 6.18. The summed E-state index contributed by atoms with van der Waals surface area (Å²) in [5, 5.41) is 4.37. The summed E-state index contributed by atoms with van der Waals surface area (Å²) in [7, 11) is 1.93. The predicted octanol–water partition coefficient (Wildman–Crippen LogP) is 0.526. The average molecular weight is 239 g/mol. The van der Waals surface area contributed by atoms with Gasteiger partial charge in [0, 0.05) is 25.7 Å². The highest BCUT2D eigenvalue weighted by Crippen LogP contribution is 2.04. The highest BCUT2D eigenvalue weighted by molar-refractivity contribution is 5.01. The summed E-state index contributed by atoms with van der Waals surface area (Å²) in [5.74, 6) is 5.59. The van der Waals surface area contributed by atoms with Gasteiger partial charge in [-0.05, 0) is 32.1 Å². The van der Waals surface area contributed by atoms with Crippen molar-refractivity contribution in [1.82, 2.24) is 20.1 Å². The van der Waals surface area contributed by atoms with Crippen LogP contribution in [0.2, 0.25) is 0 Å². The molecule has 0 bridgehead atoms. The summed E-state index contributed by atoms with van der Waals surface area (Å²) >= 11 is 0. The minimum Gasteiger partial charge on any atom is -0.304 e. The molecular formula is C12H25N5. The molecule has 0 saturated heterocycles. The van der Waals surface area contributed by atoms with Gasteiger partial charge >= 0.3 is 0 Å².